The maximum absolute atomic E-state index is 12.2. The van der Waals surface area contributed by atoms with E-state index in [1.165, 1.54) is 23.4 Å². The fourth-order valence-electron chi connectivity index (χ4n) is 1.68. The zero-order chi connectivity index (χ0) is 14.0. The predicted octanol–water partition coefficient (Wildman–Crippen LogP) is 1.59. The normalized spacial score (nSPS) is 12.4. The van der Waals surface area contributed by atoms with Gasteiger partial charge in [0.1, 0.15) is 5.25 Å². The first-order valence-electron chi connectivity index (χ1n) is 5.75. The summed E-state index contributed by atoms with van der Waals surface area (Å²) in [5, 5.41) is 0.658. The van der Waals surface area contributed by atoms with Gasteiger partial charge in [0.05, 0.1) is 18.0 Å². The van der Waals surface area contributed by atoms with Crippen molar-refractivity contribution in [3.05, 3.63) is 34.6 Å². The summed E-state index contributed by atoms with van der Waals surface area (Å²) in [4.78, 5) is 28.0. The Balaban J connectivity index is 2.47. The molecule has 1 atom stereocenters. The molecular formula is C13H14N2O3S. The molecular weight excluding hydrogens is 264 g/mol. The van der Waals surface area contributed by atoms with Crippen molar-refractivity contribution < 1.29 is 9.53 Å². The van der Waals surface area contributed by atoms with E-state index in [0.29, 0.717) is 16.1 Å². The second-order valence-electron chi connectivity index (χ2n) is 4.06. The lowest BCUT2D eigenvalue weighted by Crippen LogP contribution is -2.22. The number of aromatic nitrogens is 2. The molecule has 0 N–H and O–H groups in total. The highest BCUT2D eigenvalue weighted by Gasteiger charge is 2.18. The maximum Gasteiger partial charge on any atom is 0.318 e. The molecule has 1 aromatic heterocycles. The Bertz CT molecular complexity index is 681. The summed E-state index contributed by atoms with van der Waals surface area (Å²) in [6.07, 6.45) is 0. The smallest absolute Gasteiger partial charge is 0.318 e. The van der Waals surface area contributed by atoms with Gasteiger partial charge in [0, 0.05) is 7.05 Å². The van der Waals surface area contributed by atoms with Gasteiger partial charge in [-0.1, -0.05) is 23.9 Å². The number of carbonyl (C=O) groups is 1. The molecule has 5 nitrogen and oxygen atoms in total. The van der Waals surface area contributed by atoms with Crippen LogP contribution in [0.15, 0.2) is 34.2 Å². The number of ether oxygens (including phenoxy) is 1. The van der Waals surface area contributed by atoms with Gasteiger partial charge in [0.15, 0.2) is 5.16 Å². The van der Waals surface area contributed by atoms with Crippen LogP contribution in [0, 0.1) is 0 Å². The number of para-hydroxylation sites is 1. The summed E-state index contributed by atoms with van der Waals surface area (Å²) >= 11 is 1.21. The third kappa shape index (κ3) is 2.63. The van der Waals surface area contributed by atoms with Gasteiger partial charge in [-0.15, -0.1) is 0 Å². The third-order valence-electron chi connectivity index (χ3n) is 2.76. The minimum absolute atomic E-state index is 0.120. The maximum atomic E-state index is 12.2. The van der Waals surface area contributed by atoms with Crippen LogP contribution in [0.25, 0.3) is 10.9 Å². The molecule has 0 aliphatic carbocycles. The lowest BCUT2D eigenvalue weighted by Gasteiger charge is -2.11. The second kappa shape index (κ2) is 5.44. The molecule has 0 saturated carbocycles. The molecule has 0 radical (unpaired) electrons. The molecule has 1 heterocycles. The minimum atomic E-state index is -0.413. The van der Waals surface area contributed by atoms with Crippen molar-refractivity contribution in [2.45, 2.75) is 17.3 Å². The van der Waals surface area contributed by atoms with Crippen molar-refractivity contribution in [3.63, 3.8) is 0 Å². The molecule has 0 fully saturated rings. The summed E-state index contributed by atoms with van der Waals surface area (Å²) in [5.41, 5.74) is 0.510. The quantitative estimate of drug-likeness (QED) is 0.485. The number of esters is 1. The molecule has 0 aliphatic heterocycles. The molecule has 0 saturated heterocycles. The predicted molar refractivity (Wildman–Crippen MR) is 74.3 cm³/mol. The van der Waals surface area contributed by atoms with Crippen LogP contribution in [0.2, 0.25) is 0 Å². The molecule has 2 rings (SSSR count). The Kier molecular flexibility index (Phi) is 3.90. The lowest BCUT2D eigenvalue weighted by molar-refractivity contribution is -0.139. The average molecular weight is 278 g/mol. The van der Waals surface area contributed by atoms with Gasteiger partial charge in [-0.3, -0.25) is 14.2 Å². The van der Waals surface area contributed by atoms with Crippen LogP contribution in [0.5, 0.6) is 0 Å². The van der Waals surface area contributed by atoms with Gasteiger partial charge >= 0.3 is 5.97 Å². The van der Waals surface area contributed by atoms with Crippen molar-refractivity contribution >= 4 is 28.6 Å². The number of thioether (sulfide) groups is 1. The highest BCUT2D eigenvalue weighted by molar-refractivity contribution is 8.00. The Morgan fingerprint density at radius 2 is 2.11 bits per heavy atom. The van der Waals surface area contributed by atoms with E-state index in [1.807, 2.05) is 6.07 Å². The Labute approximate surface area is 114 Å². The molecule has 100 valence electrons. The molecule has 0 aliphatic rings. The third-order valence-corrected chi connectivity index (χ3v) is 3.88. The first kappa shape index (κ1) is 13.6. The minimum Gasteiger partial charge on any atom is -0.468 e. The molecule has 6 heteroatoms. The van der Waals surface area contributed by atoms with E-state index < -0.39 is 5.25 Å². The van der Waals surface area contributed by atoms with Crippen molar-refractivity contribution in [2.75, 3.05) is 7.11 Å². The van der Waals surface area contributed by atoms with Crippen LogP contribution in [0.1, 0.15) is 6.92 Å². The Morgan fingerprint density at radius 3 is 2.79 bits per heavy atom. The van der Waals surface area contributed by atoms with E-state index in [1.54, 1.807) is 32.2 Å². The summed E-state index contributed by atoms with van der Waals surface area (Å²) < 4.78 is 6.12. The molecule has 0 spiro atoms. The monoisotopic (exact) mass is 278 g/mol. The molecule has 2 aromatic rings. The van der Waals surface area contributed by atoms with E-state index in [2.05, 4.69) is 9.72 Å². The van der Waals surface area contributed by atoms with Crippen molar-refractivity contribution in [1.82, 2.24) is 9.55 Å². The van der Waals surface area contributed by atoms with Gasteiger partial charge < -0.3 is 4.74 Å². The van der Waals surface area contributed by atoms with Crippen LogP contribution in [-0.2, 0) is 16.6 Å². The number of benzene rings is 1. The number of nitrogens with zero attached hydrogens (tertiary/aromatic N) is 2. The van der Waals surface area contributed by atoms with E-state index in [0.717, 1.165) is 0 Å². The Hall–Kier alpha value is -1.82. The van der Waals surface area contributed by atoms with Crippen LogP contribution in [-0.4, -0.2) is 27.9 Å². The second-order valence-corrected chi connectivity index (χ2v) is 5.37. The van der Waals surface area contributed by atoms with Crippen molar-refractivity contribution in [2.24, 2.45) is 7.05 Å². The number of hydrogen-bond acceptors (Lipinski definition) is 5. The zero-order valence-corrected chi connectivity index (χ0v) is 11.7. The number of hydrogen-bond donors (Lipinski definition) is 0. The van der Waals surface area contributed by atoms with Gasteiger partial charge in [-0.2, -0.15) is 0 Å². The van der Waals surface area contributed by atoms with Crippen LogP contribution in [0.4, 0.5) is 0 Å². The molecule has 19 heavy (non-hydrogen) atoms. The largest absolute Gasteiger partial charge is 0.468 e. The highest BCUT2D eigenvalue weighted by Crippen LogP contribution is 2.22. The SMILES string of the molecule is COC(=O)C(C)Sc1nc2ccccc2c(=O)n1C. The number of carbonyl (C=O) groups excluding carboxylic acids is 1. The lowest BCUT2D eigenvalue weighted by atomic mass is 10.2. The molecule has 0 amide bonds. The van der Waals surface area contributed by atoms with Gasteiger partial charge in [-0.05, 0) is 19.1 Å². The van der Waals surface area contributed by atoms with Gasteiger partial charge in [0.25, 0.3) is 5.56 Å². The average Bonchev–Trinajstić information content (AvgIpc) is 2.43. The summed E-state index contributed by atoms with van der Waals surface area (Å²) in [7, 11) is 2.99. The highest BCUT2D eigenvalue weighted by atomic mass is 32.2. The standard InChI is InChI=1S/C13H14N2O3S/c1-8(12(17)18-3)19-13-14-10-7-5-4-6-9(10)11(16)15(13)2/h4-8H,1-3H3. The zero-order valence-electron chi connectivity index (χ0n) is 10.9. The first-order valence-corrected chi connectivity index (χ1v) is 6.63. The number of methoxy groups -OCH3 is 1. The van der Waals surface area contributed by atoms with Crippen molar-refractivity contribution in [1.29, 1.82) is 0 Å². The summed E-state index contributed by atoms with van der Waals surface area (Å²) in [6.45, 7) is 1.72. The molecule has 1 unspecified atom stereocenters. The van der Waals surface area contributed by atoms with Crippen LogP contribution < -0.4 is 5.56 Å². The molecule has 0 bridgehead atoms. The summed E-state index contributed by atoms with van der Waals surface area (Å²) in [6, 6.07) is 7.15. The number of rotatable bonds is 3. The van der Waals surface area contributed by atoms with Crippen LogP contribution in [0.3, 0.4) is 0 Å². The van der Waals surface area contributed by atoms with Crippen LogP contribution >= 0.6 is 11.8 Å². The van der Waals surface area contributed by atoms with Gasteiger partial charge in [0.2, 0.25) is 0 Å². The molecule has 1 aromatic carbocycles. The first-order chi connectivity index (χ1) is 9.04. The Morgan fingerprint density at radius 1 is 1.42 bits per heavy atom. The van der Waals surface area contributed by atoms with E-state index in [9.17, 15) is 9.59 Å². The topological polar surface area (TPSA) is 61.2 Å². The van der Waals surface area contributed by atoms with E-state index in [4.69, 9.17) is 0 Å². The van der Waals surface area contributed by atoms with E-state index in [-0.39, 0.29) is 11.5 Å². The van der Waals surface area contributed by atoms with Crippen molar-refractivity contribution in [3.8, 4) is 0 Å². The van der Waals surface area contributed by atoms with E-state index >= 15 is 0 Å². The fourth-order valence-corrected chi connectivity index (χ4v) is 2.58. The number of fused-ring (bicyclic) bond motifs is 1. The fraction of sp³-hybridized carbons (Fsp3) is 0.308. The van der Waals surface area contributed by atoms with Gasteiger partial charge in [-0.25, -0.2) is 4.98 Å². The summed E-state index contributed by atoms with van der Waals surface area (Å²) in [5.74, 6) is -0.340.